The lowest BCUT2D eigenvalue weighted by molar-refractivity contribution is -0.131. The Bertz CT molecular complexity index is 298. The van der Waals surface area contributed by atoms with Gasteiger partial charge in [-0.15, -0.1) is 0 Å². The smallest absolute Gasteiger partial charge is 0.237 e. The number of likely N-dealkylation sites (N-methyl/N-ethyl adjacent to an activating group) is 2. The van der Waals surface area contributed by atoms with Crippen molar-refractivity contribution in [2.24, 2.45) is 0 Å². The first kappa shape index (κ1) is 13.4. The summed E-state index contributed by atoms with van der Waals surface area (Å²) >= 11 is 0. The van der Waals surface area contributed by atoms with Gasteiger partial charge < -0.3 is 4.90 Å². The van der Waals surface area contributed by atoms with E-state index < -0.39 is 10.0 Å². The molecule has 0 atom stereocenters. The Hall–Kier alpha value is -0.620. The number of hydrogen-bond acceptors (Lipinski definition) is 3. The van der Waals surface area contributed by atoms with Crippen LogP contribution in [0.5, 0.6) is 0 Å². The van der Waals surface area contributed by atoms with Gasteiger partial charge in [-0.05, 0) is 13.8 Å². The first-order valence-electron chi connectivity index (χ1n) is 4.33. The third-order valence-corrected chi connectivity index (χ3v) is 3.35. The molecule has 5 nitrogen and oxygen atoms in total. The number of carbonyl (C=O) groups excluding carboxylic acids is 1. The van der Waals surface area contributed by atoms with Crippen LogP contribution in [0.3, 0.4) is 0 Å². The van der Waals surface area contributed by atoms with Crippen LogP contribution in [0.25, 0.3) is 0 Å². The minimum atomic E-state index is -3.27. The topological polar surface area (TPSA) is 57.7 Å². The number of amides is 1. The molecular weight excluding hydrogens is 204 g/mol. The summed E-state index contributed by atoms with van der Waals surface area (Å²) in [5.74, 6) is -0.201. The van der Waals surface area contributed by atoms with Crippen LogP contribution in [0.2, 0.25) is 0 Å². The number of hydrogen-bond donors (Lipinski definition) is 0. The van der Waals surface area contributed by atoms with E-state index in [9.17, 15) is 13.2 Å². The number of rotatable bonds is 4. The highest BCUT2D eigenvalue weighted by Crippen LogP contribution is 1.98. The average Bonchev–Trinajstić information content (AvgIpc) is 2.00. The molecule has 0 aliphatic heterocycles. The van der Waals surface area contributed by atoms with Crippen LogP contribution in [0.15, 0.2) is 0 Å². The van der Waals surface area contributed by atoms with E-state index in [1.165, 1.54) is 11.9 Å². The summed E-state index contributed by atoms with van der Waals surface area (Å²) in [6, 6.07) is 0.0791. The lowest BCUT2D eigenvalue weighted by atomic mass is 10.3. The lowest BCUT2D eigenvalue weighted by Crippen LogP contribution is -2.41. The molecule has 0 aromatic carbocycles. The van der Waals surface area contributed by atoms with Gasteiger partial charge >= 0.3 is 0 Å². The van der Waals surface area contributed by atoms with Gasteiger partial charge in [0.25, 0.3) is 0 Å². The molecule has 0 saturated heterocycles. The quantitative estimate of drug-likeness (QED) is 0.659. The molecule has 6 heteroatoms. The summed E-state index contributed by atoms with van der Waals surface area (Å²) in [7, 11) is -0.225. The average molecular weight is 222 g/mol. The Morgan fingerprint density at radius 2 is 1.71 bits per heavy atom. The fourth-order valence-electron chi connectivity index (χ4n) is 0.707. The summed E-state index contributed by atoms with van der Waals surface area (Å²) in [6.45, 7) is 3.64. The highest BCUT2D eigenvalue weighted by molar-refractivity contribution is 7.88. The summed E-state index contributed by atoms with van der Waals surface area (Å²) in [5.41, 5.74) is 0. The normalized spacial score (nSPS) is 12.2. The third kappa shape index (κ3) is 4.06. The maximum Gasteiger partial charge on any atom is 0.237 e. The summed E-state index contributed by atoms with van der Waals surface area (Å²) < 4.78 is 23.1. The van der Waals surface area contributed by atoms with Crippen LogP contribution < -0.4 is 0 Å². The number of carbonyl (C=O) groups is 1. The minimum absolute atomic E-state index is 0.0791. The van der Waals surface area contributed by atoms with E-state index >= 15 is 0 Å². The van der Waals surface area contributed by atoms with Crippen molar-refractivity contribution in [3.63, 3.8) is 0 Å². The Morgan fingerprint density at radius 1 is 1.29 bits per heavy atom. The van der Waals surface area contributed by atoms with Gasteiger partial charge in [0.15, 0.2) is 0 Å². The predicted octanol–water partition coefficient (Wildman–Crippen LogP) is -0.255. The summed E-state index contributed by atoms with van der Waals surface area (Å²) in [4.78, 5) is 13.0. The van der Waals surface area contributed by atoms with Gasteiger partial charge in [-0.2, -0.15) is 4.31 Å². The molecule has 1 amide bonds. The second-order valence-corrected chi connectivity index (χ2v) is 5.71. The Labute approximate surface area is 85.7 Å². The molecule has 0 N–H and O–H groups in total. The van der Waals surface area contributed by atoms with E-state index in [4.69, 9.17) is 0 Å². The van der Waals surface area contributed by atoms with Crippen molar-refractivity contribution in [1.29, 1.82) is 0 Å². The monoisotopic (exact) mass is 222 g/mol. The van der Waals surface area contributed by atoms with Crippen molar-refractivity contribution in [2.45, 2.75) is 19.9 Å². The molecule has 84 valence electrons. The molecule has 0 aliphatic carbocycles. The second kappa shape index (κ2) is 4.75. The van der Waals surface area contributed by atoms with Crippen LogP contribution in [0, 0.1) is 0 Å². The zero-order chi connectivity index (χ0) is 11.5. The lowest BCUT2D eigenvalue weighted by Gasteiger charge is -2.23. The van der Waals surface area contributed by atoms with Gasteiger partial charge in [-0.25, -0.2) is 8.42 Å². The molecular formula is C8H18N2O3S. The maximum absolute atomic E-state index is 11.5. The Kier molecular flexibility index (Phi) is 4.54. The molecule has 0 fully saturated rings. The van der Waals surface area contributed by atoms with Gasteiger partial charge in [0.1, 0.15) is 0 Å². The van der Waals surface area contributed by atoms with Gasteiger partial charge in [-0.1, -0.05) is 0 Å². The predicted molar refractivity (Wildman–Crippen MR) is 55.4 cm³/mol. The van der Waals surface area contributed by atoms with Crippen LogP contribution in [-0.4, -0.2) is 56.5 Å². The molecule has 0 bridgehead atoms. The van der Waals surface area contributed by atoms with Crippen LogP contribution in [0.1, 0.15) is 13.8 Å². The molecule has 0 unspecified atom stereocenters. The highest BCUT2D eigenvalue weighted by atomic mass is 32.2. The van der Waals surface area contributed by atoms with Crippen LogP contribution in [0.4, 0.5) is 0 Å². The number of sulfonamides is 1. The molecule has 0 saturated carbocycles. The van der Waals surface area contributed by atoms with Crippen molar-refractivity contribution < 1.29 is 13.2 Å². The molecule has 0 aromatic rings. The van der Waals surface area contributed by atoms with E-state index in [1.54, 1.807) is 7.05 Å². The van der Waals surface area contributed by atoms with Gasteiger partial charge in [-0.3, -0.25) is 4.79 Å². The number of nitrogens with zero attached hydrogens (tertiary/aromatic N) is 2. The van der Waals surface area contributed by atoms with Gasteiger partial charge in [0, 0.05) is 20.1 Å². The van der Waals surface area contributed by atoms with E-state index in [1.807, 2.05) is 13.8 Å². The van der Waals surface area contributed by atoms with Crippen molar-refractivity contribution in [1.82, 2.24) is 9.21 Å². The van der Waals surface area contributed by atoms with E-state index in [0.717, 1.165) is 10.6 Å². The first-order chi connectivity index (χ1) is 6.16. The zero-order valence-electron chi connectivity index (χ0n) is 9.31. The Balaban J connectivity index is 4.35. The van der Waals surface area contributed by atoms with Crippen molar-refractivity contribution in [3.8, 4) is 0 Å². The van der Waals surface area contributed by atoms with E-state index in [-0.39, 0.29) is 18.5 Å². The van der Waals surface area contributed by atoms with Crippen LogP contribution >= 0.6 is 0 Å². The standard InChI is InChI=1S/C8H18N2O3S/c1-7(2)10(4)8(11)6-9(3)14(5,12)13/h7H,6H2,1-5H3. The molecule has 0 spiro atoms. The van der Waals surface area contributed by atoms with Gasteiger partial charge in [0.05, 0.1) is 12.8 Å². The van der Waals surface area contributed by atoms with Crippen molar-refractivity contribution in [3.05, 3.63) is 0 Å². The summed E-state index contributed by atoms with van der Waals surface area (Å²) in [5, 5.41) is 0. The minimum Gasteiger partial charge on any atom is -0.342 e. The SMILES string of the molecule is CC(C)N(C)C(=O)CN(C)S(C)(=O)=O. The van der Waals surface area contributed by atoms with Gasteiger partial charge in [0.2, 0.25) is 15.9 Å². The maximum atomic E-state index is 11.5. The second-order valence-electron chi connectivity index (χ2n) is 3.62. The fourth-order valence-corrected chi connectivity index (χ4v) is 1.05. The van der Waals surface area contributed by atoms with Crippen molar-refractivity contribution >= 4 is 15.9 Å². The molecule has 0 rings (SSSR count). The zero-order valence-corrected chi connectivity index (χ0v) is 10.1. The van der Waals surface area contributed by atoms with Crippen LogP contribution in [-0.2, 0) is 14.8 Å². The first-order valence-corrected chi connectivity index (χ1v) is 6.18. The molecule has 14 heavy (non-hydrogen) atoms. The largest absolute Gasteiger partial charge is 0.342 e. The fraction of sp³-hybridized carbons (Fsp3) is 0.875. The Morgan fingerprint density at radius 3 is 2.00 bits per heavy atom. The third-order valence-electron chi connectivity index (χ3n) is 2.09. The van der Waals surface area contributed by atoms with E-state index in [2.05, 4.69) is 0 Å². The van der Waals surface area contributed by atoms with E-state index in [0.29, 0.717) is 0 Å². The van der Waals surface area contributed by atoms with Crippen molar-refractivity contribution in [2.75, 3.05) is 26.9 Å². The molecule has 0 aliphatic rings. The molecule has 0 heterocycles. The summed E-state index contributed by atoms with van der Waals surface area (Å²) in [6.07, 6.45) is 1.08. The molecule has 0 aromatic heterocycles. The highest BCUT2D eigenvalue weighted by Gasteiger charge is 2.18. The molecule has 0 radical (unpaired) electrons.